The fourth-order valence-corrected chi connectivity index (χ4v) is 1.22. The second kappa shape index (κ2) is 5.64. The van der Waals surface area contributed by atoms with Crippen molar-refractivity contribution in [3.63, 3.8) is 0 Å². The Bertz CT molecular complexity index is 465. The number of carbonyl (C=O) groups is 1. The molecule has 1 aromatic carbocycles. The van der Waals surface area contributed by atoms with Gasteiger partial charge in [-0.05, 0) is 6.42 Å². The van der Waals surface area contributed by atoms with Crippen molar-refractivity contribution in [2.75, 3.05) is 5.32 Å². The van der Waals surface area contributed by atoms with Gasteiger partial charge in [0.25, 0.3) is 0 Å². The molecule has 2 nitrogen and oxygen atoms in total. The van der Waals surface area contributed by atoms with E-state index < -0.39 is 45.5 Å². The molecular formula is C10H7BrF5NO. The highest BCUT2D eigenvalue weighted by molar-refractivity contribution is 9.10. The molecule has 1 N–H and O–H groups in total. The minimum absolute atomic E-state index is 0.279. The third-order valence-electron chi connectivity index (χ3n) is 2.10. The quantitative estimate of drug-likeness (QED) is 0.390. The third-order valence-corrected chi connectivity index (χ3v) is 3.16. The number of amides is 1. The number of alkyl halides is 1. The van der Waals surface area contributed by atoms with Crippen molar-refractivity contribution in [3.05, 3.63) is 29.1 Å². The molecule has 1 amide bonds. The van der Waals surface area contributed by atoms with E-state index in [2.05, 4.69) is 15.9 Å². The number of nitrogens with one attached hydrogen (secondary N) is 1. The normalized spacial score (nSPS) is 12.4. The Morgan fingerprint density at radius 1 is 1.06 bits per heavy atom. The lowest BCUT2D eigenvalue weighted by Crippen LogP contribution is -2.24. The van der Waals surface area contributed by atoms with E-state index in [4.69, 9.17) is 0 Å². The summed E-state index contributed by atoms with van der Waals surface area (Å²) in [5.41, 5.74) is -1.35. The van der Waals surface area contributed by atoms with Crippen LogP contribution in [-0.2, 0) is 4.79 Å². The van der Waals surface area contributed by atoms with E-state index in [1.807, 2.05) is 0 Å². The molecule has 18 heavy (non-hydrogen) atoms. The SMILES string of the molecule is CCC(Br)C(=O)Nc1c(F)c(F)c(F)c(F)c1F. The average molecular weight is 332 g/mol. The predicted octanol–water partition coefficient (Wildman–Crippen LogP) is 3.49. The minimum Gasteiger partial charge on any atom is -0.320 e. The first-order chi connectivity index (χ1) is 8.31. The number of hydrogen-bond donors (Lipinski definition) is 1. The van der Waals surface area contributed by atoms with Gasteiger partial charge in [-0.15, -0.1) is 0 Å². The number of carbonyl (C=O) groups excluding carboxylic acids is 1. The van der Waals surface area contributed by atoms with Crippen LogP contribution in [0, 0.1) is 29.1 Å². The second-order valence-electron chi connectivity index (χ2n) is 3.31. The van der Waals surface area contributed by atoms with Crippen LogP contribution in [0.1, 0.15) is 13.3 Å². The van der Waals surface area contributed by atoms with Crippen LogP contribution in [0.2, 0.25) is 0 Å². The zero-order chi connectivity index (χ0) is 14.0. The zero-order valence-electron chi connectivity index (χ0n) is 8.96. The van der Waals surface area contributed by atoms with Crippen LogP contribution in [0.15, 0.2) is 0 Å². The van der Waals surface area contributed by atoms with Gasteiger partial charge in [0.05, 0.1) is 4.83 Å². The van der Waals surface area contributed by atoms with Gasteiger partial charge < -0.3 is 5.32 Å². The van der Waals surface area contributed by atoms with Crippen LogP contribution in [0.3, 0.4) is 0 Å². The molecule has 0 spiro atoms. The second-order valence-corrected chi connectivity index (χ2v) is 4.42. The average Bonchev–Trinajstić information content (AvgIpc) is 2.37. The maximum atomic E-state index is 13.2. The number of rotatable bonds is 3. The van der Waals surface area contributed by atoms with Gasteiger partial charge >= 0.3 is 0 Å². The summed E-state index contributed by atoms with van der Waals surface area (Å²) in [6.07, 6.45) is 0.279. The molecule has 1 unspecified atom stereocenters. The lowest BCUT2D eigenvalue weighted by atomic mass is 10.2. The Balaban J connectivity index is 3.22. The molecule has 1 atom stereocenters. The van der Waals surface area contributed by atoms with Crippen LogP contribution in [0.25, 0.3) is 0 Å². The van der Waals surface area contributed by atoms with Crippen LogP contribution in [0.4, 0.5) is 27.6 Å². The molecule has 0 aliphatic rings. The molecule has 0 radical (unpaired) electrons. The maximum Gasteiger partial charge on any atom is 0.238 e. The Kier molecular flexibility index (Phi) is 4.66. The van der Waals surface area contributed by atoms with Crippen LogP contribution in [-0.4, -0.2) is 10.7 Å². The number of benzene rings is 1. The molecule has 8 heteroatoms. The summed E-state index contributed by atoms with van der Waals surface area (Å²) in [5, 5.41) is 1.66. The largest absolute Gasteiger partial charge is 0.320 e. The highest BCUT2D eigenvalue weighted by atomic mass is 79.9. The van der Waals surface area contributed by atoms with E-state index in [9.17, 15) is 26.7 Å². The maximum absolute atomic E-state index is 13.2. The standard InChI is InChI=1S/C10H7BrF5NO/c1-2-3(11)10(18)17-9-7(15)5(13)4(12)6(14)8(9)16/h3H,2H2,1H3,(H,17,18). The molecule has 0 fully saturated rings. The summed E-state index contributed by atoms with van der Waals surface area (Å²) in [6, 6.07) is 0. The summed E-state index contributed by atoms with van der Waals surface area (Å²) >= 11 is 2.88. The molecule has 0 aliphatic heterocycles. The first-order valence-electron chi connectivity index (χ1n) is 4.77. The van der Waals surface area contributed by atoms with Gasteiger partial charge in [-0.1, -0.05) is 22.9 Å². The molecule has 0 aliphatic carbocycles. The molecule has 1 rings (SSSR count). The van der Waals surface area contributed by atoms with E-state index in [0.29, 0.717) is 0 Å². The van der Waals surface area contributed by atoms with Crippen LogP contribution >= 0.6 is 15.9 Å². The van der Waals surface area contributed by atoms with Gasteiger partial charge in [-0.3, -0.25) is 4.79 Å². The van der Waals surface area contributed by atoms with E-state index >= 15 is 0 Å². The molecule has 100 valence electrons. The fourth-order valence-electron chi connectivity index (χ4n) is 1.10. The van der Waals surface area contributed by atoms with Crippen molar-refractivity contribution in [2.45, 2.75) is 18.2 Å². The van der Waals surface area contributed by atoms with Gasteiger partial charge in [0.2, 0.25) is 11.7 Å². The van der Waals surface area contributed by atoms with Crippen LogP contribution < -0.4 is 5.32 Å². The Labute approximate surface area is 107 Å². The van der Waals surface area contributed by atoms with Gasteiger partial charge in [0, 0.05) is 0 Å². The van der Waals surface area contributed by atoms with Gasteiger partial charge in [-0.2, -0.15) is 0 Å². The van der Waals surface area contributed by atoms with E-state index in [1.165, 1.54) is 0 Å². The number of hydrogen-bond acceptors (Lipinski definition) is 1. The van der Waals surface area contributed by atoms with Gasteiger partial charge in [-0.25, -0.2) is 22.0 Å². The van der Waals surface area contributed by atoms with E-state index in [1.54, 1.807) is 12.2 Å². The molecule has 0 saturated heterocycles. The molecular weight excluding hydrogens is 325 g/mol. The summed E-state index contributed by atoms with van der Waals surface area (Å²) < 4.78 is 64.7. The minimum atomic E-state index is -2.27. The molecule has 1 aromatic rings. The molecule has 0 bridgehead atoms. The highest BCUT2D eigenvalue weighted by Gasteiger charge is 2.27. The number of halogens is 6. The summed E-state index contributed by atoms with van der Waals surface area (Å²) in [7, 11) is 0. The van der Waals surface area contributed by atoms with Crippen molar-refractivity contribution < 1.29 is 26.7 Å². The smallest absolute Gasteiger partial charge is 0.238 e. The summed E-state index contributed by atoms with van der Waals surface area (Å²) in [5.74, 6) is -11.5. The predicted molar refractivity (Wildman–Crippen MR) is 57.9 cm³/mol. The molecule has 0 heterocycles. The lowest BCUT2D eigenvalue weighted by Gasteiger charge is -2.11. The van der Waals surface area contributed by atoms with Gasteiger partial charge in [0.15, 0.2) is 23.3 Å². The molecule has 0 aromatic heterocycles. The summed E-state index contributed by atoms with van der Waals surface area (Å²) in [4.78, 5) is 10.5. The third kappa shape index (κ3) is 2.63. The Hall–Kier alpha value is -1.18. The fraction of sp³-hybridized carbons (Fsp3) is 0.300. The zero-order valence-corrected chi connectivity index (χ0v) is 10.5. The monoisotopic (exact) mass is 331 g/mol. The Morgan fingerprint density at radius 2 is 1.44 bits per heavy atom. The van der Waals surface area contributed by atoms with Crippen molar-refractivity contribution >= 4 is 27.5 Å². The summed E-state index contributed by atoms with van der Waals surface area (Å²) in [6.45, 7) is 1.59. The van der Waals surface area contributed by atoms with Crippen molar-refractivity contribution in [1.82, 2.24) is 0 Å². The van der Waals surface area contributed by atoms with Crippen molar-refractivity contribution in [3.8, 4) is 0 Å². The number of anilines is 1. The lowest BCUT2D eigenvalue weighted by molar-refractivity contribution is -0.115. The van der Waals surface area contributed by atoms with Gasteiger partial charge in [0.1, 0.15) is 5.69 Å². The first-order valence-corrected chi connectivity index (χ1v) is 5.69. The van der Waals surface area contributed by atoms with Crippen LogP contribution in [0.5, 0.6) is 0 Å². The Morgan fingerprint density at radius 3 is 1.83 bits per heavy atom. The first kappa shape index (κ1) is 14.9. The highest BCUT2D eigenvalue weighted by Crippen LogP contribution is 2.27. The van der Waals surface area contributed by atoms with E-state index in [0.717, 1.165) is 0 Å². The topological polar surface area (TPSA) is 29.1 Å². The van der Waals surface area contributed by atoms with E-state index in [-0.39, 0.29) is 6.42 Å². The molecule has 0 saturated carbocycles. The van der Waals surface area contributed by atoms with Crippen molar-refractivity contribution in [2.24, 2.45) is 0 Å². The van der Waals surface area contributed by atoms with Crippen molar-refractivity contribution in [1.29, 1.82) is 0 Å².